The van der Waals surface area contributed by atoms with Gasteiger partial charge in [-0.2, -0.15) is 0 Å². The van der Waals surface area contributed by atoms with Crippen molar-refractivity contribution in [1.82, 2.24) is 15.0 Å². The standard InChI is InChI=1S/C16H20N4O/c1-3-6-18-15-13-10-21-8-5-14(13)19-16(20-15)12-4-7-17-9-11(12)2/h4,7,9H,3,5-6,8,10H2,1-2H3,(H,18,19,20). The zero-order valence-corrected chi connectivity index (χ0v) is 12.5. The number of hydrogen-bond donors (Lipinski definition) is 1. The summed E-state index contributed by atoms with van der Waals surface area (Å²) in [5.41, 5.74) is 4.33. The topological polar surface area (TPSA) is 59.9 Å². The Bertz CT molecular complexity index is 642. The second-order valence-corrected chi connectivity index (χ2v) is 5.24. The molecular weight excluding hydrogens is 264 g/mol. The molecule has 1 aliphatic heterocycles. The van der Waals surface area contributed by atoms with Crippen molar-refractivity contribution >= 4 is 5.82 Å². The molecule has 0 aliphatic carbocycles. The van der Waals surface area contributed by atoms with Gasteiger partial charge in [-0.05, 0) is 25.0 Å². The average Bonchev–Trinajstić information content (AvgIpc) is 2.53. The van der Waals surface area contributed by atoms with Gasteiger partial charge in [-0.3, -0.25) is 4.98 Å². The number of nitrogens with zero attached hydrogens (tertiary/aromatic N) is 3. The third kappa shape index (κ3) is 2.88. The molecule has 0 aromatic carbocycles. The number of ether oxygens (including phenoxy) is 1. The van der Waals surface area contributed by atoms with Crippen LogP contribution in [0.25, 0.3) is 11.4 Å². The number of aromatic nitrogens is 3. The molecule has 1 N–H and O–H groups in total. The first-order valence-electron chi connectivity index (χ1n) is 7.42. The van der Waals surface area contributed by atoms with Gasteiger partial charge < -0.3 is 10.1 Å². The zero-order valence-electron chi connectivity index (χ0n) is 12.5. The SMILES string of the molecule is CCCNc1nc(-c2ccncc2C)nc2c1COCC2. The molecule has 0 saturated heterocycles. The second-order valence-electron chi connectivity index (χ2n) is 5.24. The summed E-state index contributed by atoms with van der Waals surface area (Å²) in [6.45, 7) is 6.40. The Kier molecular flexibility index (Phi) is 4.10. The Hall–Kier alpha value is -2.01. The molecule has 5 nitrogen and oxygen atoms in total. The van der Waals surface area contributed by atoms with Crippen LogP contribution in [0.1, 0.15) is 30.2 Å². The van der Waals surface area contributed by atoms with Crippen LogP contribution in [0.5, 0.6) is 0 Å². The molecule has 0 bridgehead atoms. The van der Waals surface area contributed by atoms with Gasteiger partial charge in [-0.1, -0.05) is 6.92 Å². The third-order valence-electron chi connectivity index (χ3n) is 3.63. The van der Waals surface area contributed by atoms with Gasteiger partial charge in [-0.25, -0.2) is 9.97 Å². The molecule has 3 rings (SSSR count). The molecule has 2 aromatic rings. The van der Waals surface area contributed by atoms with Crippen molar-refractivity contribution in [2.75, 3.05) is 18.5 Å². The van der Waals surface area contributed by atoms with Crippen molar-refractivity contribution in [2.24, 2.45) is 0 Å². The molecule has 5 heteroatoms. The predicted molar refractivity (Wildman–Crippen MR) is 82.1 cm³/mol. The van der Waals surface area contributed by atoms with Gasteiger partial charge in [0, 0.05) is 36.5 Å². The first-order chi connectivity index (χ1) is 10.3. The van der Waals surface area contributed by atoms with Crippen LogP contribution >= 0.6 is 0 Å². The molecule has 0 spiro atoms. The summed E-state index contributed by atoms with van der Waals surface area (Å²) >= 11 is 0. The summed E-state index contributed by atoms with van der Waals surface area (Å²) in [6.07, 6.45) is 5.53. The molecule has 0 unspecified atom stereocenters. The largest absolute Gasteiger partial charge is 0.376 e. The maximum atomic E-state index is 5.56. The first-order valence-corrected chi connectivity index (χ1v) is 7.42. The number of fused-ring (bicyclic) bond motifs is 1. The molecule has 0 saturated carbocycles. The number of hydrogen-bond acceptors (Lipinski definition) is 5. The van der Waals surface area contributed by atoms with Gasteiger partial charge >= 0.3 is 0 Å². The molecule has 1 aliphatic rings. The van der Waals surface area contributed by atoms with Gasteiger partial charge in [0.25, 0.3) is 0 Å². The number of rotatable bonds is 4. The lowest BCUT2D eigenvalue weighted by atomic mass is 10.1. The van der Waals surface area contributed by atoms with Crippen LogP contribution in [-0.2, 0) is 17.8 Å². The lowest BCUT2D eigenvalue weighted by Gasteiger charge is -2.20. The molecule has 0 amide bonds. The summed E-state index contributed by atoms with van der Waals surface area (Å²) in [4.78, 5) is 13.6. The molecule has 0 radical (unpaired) electrons. The number of anilines is 1. The van der Waals surface area contributed by atoms with Gasteiger partial charge in [0.15, 0.2) is 5.82 Å². The van der Waals surface area contributed by atoms with Crippen molar-refractivity contribution in [1.29, 1.82) is 0 Å². The fourth-order valence-corrected chi connectivity index (χ4v) is 2.47. The first kappa shape index (κ1) is 13.9. The Balaban J connectivity index is 2.07. The van der Waals surface area contributed by atoms with Crippen LogP contribution in [0.2, 0.25) is 0 Å². The fraction of sp³-hybridized carbons (Fsp3) is 0.438. The average molecular weight is 284 g/mol. The maximum Gasteiger partial charge on any atom is 0.162 e. The smallest absolute Gasteiger partial charge is 0.162 e. The van der Waals surface area contributed by atoms with Gasteiger partial charge in [0.05, 0.1) is 18.9 Å². The summed E-state index contributed by atoms with van der Waals surface area (Å²) in [5.74, 6) is 1.68. The van der Waals surface area contributed by atoms with E-state index < -0.39 is 0 Å². The minimum atomic E-state index is 0.594. The van der Waals surface area contributed by atoms with E-state index >= 15 is 0 Å². The van der Waals surface area contributed by atoms with Crippen molar-refractivity contribution in [3.63, 3.8) is 0 Å². The third-order valence-corrected chi connectivity index (χ3v) is 3.63. The quantitative estimate of drug-likeness (QED) is 0.935. The Morgan fingerprint density at radius 3 is 3.05 bits per heavy atom. The fourth-order valence-electron chi connectivity index (χ4n) is 2.47. The van der Waals surface area contributed by atoms with Crippen molar-refractivity contribution in [3.8, 4) is 11.4 Å². The predicted octanol–water partition coefficient (Wildman–Crippen LogP) is 2.74. The lowest BCUT2D eigenvalue weighted by molar-refractivity contribution is 0.109. The Morgan fingerprint density at radius 2 is 2.24 bits per heavy atom. The highest BCUT2D eigenvalue weighted by Crippen LogP contribution is 2.27. The van der Waals surface area contributed by atoms with E-state index in [9.17, 15) is 0 Å². The van der Waals surface area contributed by atoms with E-state index in [0.29, 0.717) is 6.61 Å². The molecular formula is C16H20N4O. The highest BCUT2D eigenvalue weighted by Gasteiger charge is 2.19. The van der Waals surface area contributed by atoms with E-state index in [-0.39, 0.29) is 0 Å². The van der Waals surface area contributed by atoms with Gasteiger partial charge in [-0.15, -0.1) is 0 Å². The molecule has 21 heavy (non-hydrogen) atoms. The molecule has 3 heterocycles. The van der Waals surface area contributed by atoms with Crippen molar-refractivity contribution < 1.29 is 4.74 Å². The minimum absolute atomic E-state index is 0.594. The molecule has 0 atom stereocenters. The Labute approximate surface area is 124 Å². The molecule has 2 aromatic heterocycles. The van der Waals surface area contributed by atoms with E-state index in [0.717, 1.165) is 60.0 Å². The molecule has 110 valence electrons. The monoisotopic (exact) mass is 284 g/mol. The van der Waals surface area contributed by atoms with E-state index in [1.165, 1.54) is 0 Å². The maximum absolute atomic E-state index is 5.56. The van der Waals surface area contributed by atoms with E-state index in [1.54, 1.807) is 6.20 Å². The summed E-state index contributed by atoms with van der Waals surface area (Å²) in [6, 6.07) is 1.97. The van der Waals surface area contributed by atoms with Crippen LogP contribution in [0, 0.1) is 6.92 Å². The second kappa shape index (κ2) is 6.18. The van der Waals surface area contributed by atoms with Crippen LogP contribution in [0.4, 0.5) is 5.82 Å². The molecule has 0 fully saturated rings. The van der Waals surface area contributed by atoms with Gasteiger partial charge in [0.1, 0.15) is 5.82 Å². The van der Waals surface area contributed by atoms with E-state index in [1.807, 2.05) is 19.2 Å². The Morgan fingerprint density at radius 1 is 1.33 bits per heavy atom. The lowest BCUT2D eigenvalue weighted by Crippen LogP contribution is -2.17. The number of aryl methyl sites for hydroxylation is 1. The zero-order chi connectivity index (χ0) is 14.7. The minimum Gasteiger partial charge on any atom is -0.376 e. The normalized spacial score (nSPS) is 13.8. The highest BCUT2D eigenvalue weighted by atomic mass is 16.5. The van der Waals surface area contributed by atoms with Crippen molar-refractivity contribution in [2.45, 2.75) is 33.3 Å². The highest BCUT2D eigenvalue weighted by molar-refractivity contribution is 5.62. The van der Waals surface area contributed by atoms with Crippen LogP contribution in [0.3, 0.4) is 0 Å². The van der Waals surface area contributed by atoms with Gasteiger partial charge in [0.2, 0.25) is 0 Å². The van der Waals surface area contributed by atoms with E-state index in [2.05, 4.69) is 17.2 Å². The van der Waals surface area contributed by atoms with Crippen LogP contribution < -0.4 is 5.32 Å². The summed E-state index contributed by atoms with van der Waals surface area (Å²) < 4.78 is 5.56. The number of pyridine rings is 1. The van der Waals surface area contributed by atoms with Crippen LogP contribution in [0.15, 0.2) is 18.5 Å². The van der Waals surface area contributed by atoms with Crippen molar-refractivity contribution in [3.05, 3.63) is 35.3 Å². The van der Waals surface area contributed by atoms with E-state index in [4.69, 9.17) is 14.7 Å². The summed E-state index contributed by atoms with van der Waals surface area (Å²) in [5, 5.41) is 3.41. The number of nitrogens with one attached hydrogen (secondary N) is 1. The van der Waals surface area contributed by atoms with Crippen LogP contribution in [-0.4, -0.2) is 28.1 Å². The summed E-state index contributed by atoms with van der Waals surface area (Å²) in [7, 11) is 0.